The second-order valence-corrected chi connectivity index (χ2v) is 7.49. The molecule has 0 saturated heterocycles. The van der Waals surface area contributed by atoms with E-state index >= 15 is 0 Å². The van der Waals surface area contributed by atoms with Crippen molar-refractivity contribution in [2.75, 3.05) is 11.9 Å². The predicted molar refractivity (Wildman–Crippen MR) is 106 cm³/mol. The molecule has 8 nitrogen and oxygen atoms in total. The smallest absolute Gasteiger partial charge is 0.412 e. The Morgan fingerprint density at radius 1 is 1.17 bits per heavy atom. The van der Waals surface area contributed by atoms with Crippen molar-refractivity contribution in [2.24, 2.45) is 0 Å². The Kier molecular flexibility index (Phi) is 5.51. The van der Waals surface area contributed by atoms with Gasteiger partial charge in [-0.2, -0.15) is 5.10 Å². The minimum Gasteiger partial charge on any atom is -0.463 e. The number of anilines is 1. The number of hydrogen-bond donors (Lipinski definition) is 1. The van der Waals surface area contributed by atoms with Gasteiger partial charge in [-0.3, -0.25) is 5.32 Å². The Bertz CT molecular complexity index is 905. The Hall–Kier alpha value is -2.90. The molecule has 0 unspecified atom stereocenters. The van der Waals surface area contributed by atoms with E-state index in [1.807, 2.05) is 0 Å². The lowest BCUT2D eigenvalue weighted by Gasteiger charge is -2.19. The number of carbonyl (C=O) groups is 2. The molecule has 0 saturated carbocycles. The summed E-state index contributed by atoms with van der Waals surface area (Å²) in [5, 5.41) is 7.02. The van der Waals surface area contributed by atoms with E-state index in [0.29, 0.717) is 5.82 Å². The Morgan fingerprint density at radius 2 is 1.86 bits per heavy atom. The van der Waals surface area contributed by atoms with Crippen LogP contribution in [-0.2, 0) is 46.5 Å². The summed E-state index contributed by atoms with van der Waals surface area (Å²) in [6.07, 6.45) is 5.85. The highest BCUT2D eigenvalue weighted by molar-refractivity contribution is 5.90. The van der Waals surface area contributed by atoms with E-state index in [2.05, 4.69) is 21.5 Å². The highest BCUT2D eigenvalue weighted by Gasteiger charge is 2.29. The second kappa shape index (κ2) is 8.23. The fourth-order valence-corrected chi connectivity index (χ4v) is 4.28. The van der Waals surface area contributed by atoms with Crippen LogP contribution in [-0.4, -0.2) is 39.5 Å². The number of nitrogens with zero attached hydrogens (tertiary/aromatic N) is 3. The lowest BCUT2D eigenvalue weighted by atomic mass is 9.99. The number of benzene rings is 1. The maximum atomic E-state index is 12.8. The molecule has 0 spiro atoms. The van der Waals surface area contributed by atoms with E-state index < -0.39 is 18.2 Å². The van der Waals surface area contributed by atoms with Crippen molar-refractivity contribution in [3.63, 3.8) is 0 Å². The average molecular weight is 398 g/mol. The van der Waals surface area contributed by atoms with Crippen LogP contribution in [0.5, 0.6) is 0 Å². The molecule has 154 valence electrons. The van der Waals surface area contributed by atoms with Crippen LogP contribution in [0.25, 0.3) is 0 Å². The first-order valence-corrected chi connectivity index (χ1v) is 10.2. The molecule has 2 aliphatic carbocycles. The first-order chi connectivity index (χ1) is 14.1. The molecule has 2 aliphatic rings. The molecule has 1 amide bonds. The summed E-state index contributed by atoms with van der Waals surface area (Å²) in [5.74, 6) is 0.0306. The summed E-state index contributed by atoms with van der Waals surface area (Å²) in [6.45, 7) is 3.75. The van der Waals surface area contributed by atoms with Gasteiger partial charge in [0, 0.05) is 0 Å². The number of rotatable bonds is 6. The molecule has 1 N–H and O–H groups in total. The number of amides is 1. The minimum atomic E-state index is -1.10. The number of aromatic nitrogens is 3. The molecule has 4 rings (SSSR count). The summed E-state index contributed by atoms with van der Waals surface area (Å²) in [6, 6.07) is 2.30. The van der Waals surface area contributed by atoms with Crippen LogP contribution < -0.4 is 5.32 Å². The Balaban J connectivity index is 1.53. The number of esters is 1. The standard InChI is InChI=1S/C21H26N4O4/c1-3-28-20(26)18(11-25-13(2)22-12-23-25)29-21(27)24-19-16-8-4-6-14(16)10-15-7-5-9-17(15)19/h10,12,18H,3-9,11H2,1-2H3,(H,24,27)/t18-/m1/s1. The lowest BCUT2D eigenvalue weighted by molar-refractivity contribution is -0.153. The van der Waals surface area contributed by atoms with E-state index in [-0.39, 0.29) is 13.2 Å². The van der Waals surface area contributed by atoms with Gasteiger partial charge in [-0.25, -0.2) is 19.3 Å². The number of nitrogens with one attached hydrogen (secondary N) is 1. The van der Waals surface area contributed by atoms with Gasteiger partial charge in [0.2, 0.25) is 6.10 Å². The van der Waals surface area contributed by atoms with Gasteiger partial charge in [0.05, 0.1) is 18.8 Å². The van der Waals surface area contributed by atoms with Crippen LogP contribution in [0.15, 0.2) is 12.4 Å². The van der Waals surface area contributed by atoms with Crippen molar-refractivity contribution in [3.05, 3.63) is 40.5 Å². The first-order valence-electron chi connectivity index (χ1n) is 10.2. The third kappa shape index (κ3) is 3.97. The van der Waals surface area contributed by atoms with Crippen molar-refractivity contribution in [1.29, 1.82) is 0 Å². The molecule has 0 radical (unpaired) electrons. The monoisotopic (exact) mass is 398 g/mol. The zero-order valence-electron chi connectivity index (χ0n) is 16.9. The van der Waals surface area contributed by atoms with E-state index in [4.69, 9.17) is 9.47 Å². The van der Waals surface area contributed by atoms with Crippen molar-refractivity contribution >= 4 is 17.7 Å². The summed E-state index contributed by atoms with van der Waals surface area (Å²) in [5.41, 5.74) is 5.95. The number of aryl methyl sites for hydroxylation is 3. The average Bonchev–Trinajstić information content (AvgIpc) is 3.42. The van der Waals surface area contributed by atoms with Crippen LogP contribution >= 0.6 is 0 Å². The molecule has 8 heteroatoms. The van der Waals surface area contributed by atoms with Gasteiger partial charge in [-0.15, -0.1) is 0 Å². The quantitative estimate of drug-likeness (QED) is 0.752. The van der Waals surface area contributed by atoms with E-state index in [1.165, 1.54) is 33.3 Å². The summed E-state index contributed by atoms with van der Waals surface area (Å²) < 4.78 is 12.1. The van der Waals surface area contributed by atoms with E-state index in [1.54, 1.807) is 13.8 Å². The Morgan fingerprint density at radius 3 is 2.45 bits per heavy atom. The summed E-state index contributed by atoms with van der Waals surface area (Å²) in [4.78, 5) is 29.2. The number of fused-ring (bicyclic) bond motifs is 2. The largest absolute Gasteiger partial charge is 0.463 e. The van der Waals surface area contributed by atoms with Crippen molar-refractivity contribution in [2.45, 2.75) is 65.0 Å². The van der Waals surface area contributed by atoms with Gasteiger partial charge in [0.15, 0.2) is 0 Å². The fraction of sp³-hybridized carbons (Fsp3) is 0.524. The molecule has 1 aromatic heterocycles. The van der Waals surface area contributed by atoms with Crippen LogP contribution in [0.2, 0.25) is 0 Å². The van der Waals surface area contributed by atoms with Crippen molar-refractivity contribution in [1.82, 2.24) is 14.8 Å². The Labute approximate surface area is 169 Å². The zero-order valence-corrected chi connectivity index (χ0v) is 16.9. The number of hydrogen-bond acceptors (Lipinski definition) is 6. The lowest BCUT2D eigenvalue weighted by Crippen LogP contribution is -2.35. The molecule has 1 aromatic carbocycles. The molecule has 1 heterocycles. The maximum Gasteiger partial charge on any atom is 0.412 e. The molecule has 2 aromatic rings. The maximum absolute atomic E-state index is 12.8. The van der Waals surface area contributed by atoms with Gasteiger partial charge < -0.3 is 9.47 Å². The van der Waals surface area contributed by atoms with Gasteiger partial charge in [-0.1, -0.05) is 6.07 Å². The van der Waals surface area contributed by atoms with E-state index in [0.717, 1.165) is 44.2 Å². The van der Waals surface area contributed by atoms with Gasteiger partial charge in [0.25, 0.3) is 0 Å². The topological polar surface area (TPSA) is 95.3 Å². The summed E-state index contributed by atoms with van der Waals surface area (Å²) >= 11 is 0. The highest BCUT2D eigenvalue weighted by atomic mass is 16.6. The minimum absolute atomic E-state index is 0.0586. The van der Waals surface area contributed by atoms with Crippen LogP contribution in [0.4, 0.5) is 10.5 Å². The van der Waals surface area contributed by atoms with Crippen LogP contribution in [0, 0.1) is 6.92 Å². The molecular formula is C21H26N4O4. The van der Waals surface area contributed by atoms with Crippen molar-refractivity contribution in [3.8, 4) is 0 Å². The third-order valence-corrected chi connectivity index (χ3v) is 5.65. The predicted octanol–water partition coefficient (Wildman–Crippen LogP) is 2.74. The first kappa shape index (κ1) is 19.4. The highest BCUT2D eigenvalue weighted by Crippen LogP contribution is 2.38. The molecule has 1 atom stereocenters. The second-order valence-electron chi connectivity index (χ2n) is 7.49. The van der Waals surface area contributed by atoms with Crippen molar-refractivity contribution < 1.29 is 19.1 Å². The van der Waals surface area contributed by atoms with Gasteiger partial charge in [-0.05, 0) is 74.6 Å². The van der Waals surface area contributed by atoms with Crippen LogP contribution in [0.3, 0.4) is 0 Å². The number of carbonyl (C=O) groups excluding carboxylic acids is 2. The normalized spacial score (nSPS) is 15.5. The zero-order chi connectivity index (χ0) is 20.4. The molecule has 0 aliphatic heterocycles. The van der Waals surface area contributed by atoms with Gasteiger partial charge >= 0.3 is 12.1 Å². The van der Waals surface area contributed by atoms with Crippen LogP contribution in [0.1, 0.15) is 47.8 Å². The molecule has 29 heavy (non-hydrogen) atoms. The van der Waals surface area contributed by atoms with E-state index in [9.17, 15) is 9.59 Å². The van der Waals surface area contributed by atoms with Gasteiger partial charge in [0.1, 0.15) is 12.2 Å². The number of ether oxygens (including phenoxy) is 2. The third-order valence-electron chi connectivity index (χ3n) is 5.65. The molecule has 0 fully saturated rings. The summed E-state index contributed by atoms with van der Waals surface area (Å²) in [7, 11) is 0. The molecular weight excluding hydrogens is 372 g/mol. The fourth-order valence-electron chi connectivity index (χ4n) is 4.28. The molecule has 0 bridgehead atoms. The SMILES string of the molecule is CCOC(=O)[C@@H](Cn1ncnc1C)OC(=O)Nc1c2c(cc3c1CCC3)CCC2.